The van der Waals surface area contributed by atoms with E-state index in [2.05, 4.69) is 37.6 Å². The van der Waals surface area contributed by atoms with Gasteiger partial charge in [-0.2, -0.15) is 5.10 Å². The van der Waals surface area contributed by atoms with Crippen LogP contribution in [0.15, 0.2) is 36.5 Å². The second-order valence-corrected chi connectivity index (χ2v) is 11.2. The highest BCUT2D eigenvalue weighted by atomic mass is 32.2. The van der Waals surface area contributed by atoms with Crippen molar-refractivity contribution in [2.45, 2.75) is 51.4 Å². The van der Waals surface area contributed by atoms with E-state index in [1.54, 1.807) is 10.9 Å². The fourth-order valence-corrected chi connectivity index (χ4v) is 5.40. The van der Waals surface area contributed by atoms with E-state index in [0.717, 1.165) is 56.3 Å². The monoisotopic (exact) mass is 513 g/mol. The fraction of sp³-hybridized carbons (Fsp3) is 0.500. The number of rotatable bonds is 9. The van der Waals surface area contributed by atoms with Crippen molar-refractivity contribution in [3.63, 3.8) is 0 Å². The second-order valence-electron chi connectivity index (χ2n) is 9.41. The van der Waals surface area contributed by atoms with Crippen LogP contribution in [0.1, 0.15) is 58.4 Å². The molecular formula is C24H31N7O4S. The number of amides is 1. The summed E-state index contributed by atoms with van der Waals surface area (Å²) < 4.78 is 34.7. The van der Waals surface area contributed by atoms with Gasteiger partial charge in [0.1, 0.15) is 0 Å². The molecule has 1 fully saturated rings. The molecule has 11 nitrogen and oxygen atoms in total. The molecule has 2 aromatic heterocycles. The maximum Gasteiger partial charge on any atom is 0.255 e. The summed E-state index contributed by atoms with van der Waals surface area (Å²) in [5, 5.41) is 16.0. The van der Waals surface area contributed by atoms with Crippen LogP contribution in [0, 0.1) is 5.92 Å². The standard InChI is InChI=1S/C24H31N7O4S/c1-36(33,34)26-14-19-15-30(29-27-19)16-20-22(21-10-5-11-31(21)28-20)24(32)25-13-18-9-6-12-35-23(18)17-7-3-2-4-8-17/h2-4,7-8,15,18,23,26H,5-6,9-14,16H2,1H3,(H,25,32). The van der Waals surface area contributed by atoms with Gasteiger partial charge in [-0.15, -0.1) is 5.10 Å². The molecule has 0 saturated carbocycles. The van der Waals surface area contributed by atoms with E-state index < -0.39 is 10.0 Å². The quantitative estimate of drug-likeness (QED) is 0.442. The molecule has 0 spiro atoms. The summed E-state index contributed by atoms with van der Waals surface area (Å²) in [6, 6.07) is 10.2. The van der Waals surface area contributed by atoms with Gasteiger partial charge in [0, 0.05) is 25.6 Å². The Balaban J connectivity index is 1.29. The van der Waals surface area contributed by atoms with E-state index in [4.69, 9.17) is 4.74 Å². The molecule has 1 amide bonds. The van der Waals surface area contributed by atoms with Gasteiger partial charge in [-0.1, -0.05) is 35.5 Å². The summed E-state index contributed by atoms with van der Waals surface area (Å²) in [5.74, 6) is 0.0574. The van der Waals surface area contributed by atoms with Gasteiger partial charge in [-0.3, -0.25) is 9.48 Å². The highest BCUT2D eigenvalue weighted by Gasteiger charge is 2.30. The first-order chi connectivity index (χ1) is 17.4. The van der Waals surface area contributed by atoms with Crippen molar-refractivity contribution in [3.8, 4) is 0 Å². The number of ether oxygens (including phenoxy) is 1. The molecule has 12 heteroatoms. The first-order valence-electron chi connectivity index (χ1n) is 12.2. The Morgan fingerprint density at radius 2 is 2.06 bits per heavy atom. The van der Waals surface area contributed by atoms with Gasteiger partial charge in [0.15, 0.2) is 0 Å². The van der Waals surface area contributed by atoms with Gasteiger partial charge >= 0.3 is 0 Å². The maximum atomic E-state index is 13.5. The number of hydrogen-bond donors (Lipinski definition) is 2. The van der Waals surface area contributed by atoms with Crippen molar-refractivity contribution in [3.05, 3.63) is 64.7 Å². The molecule has 1 aromatic carbocycles. The number of fused-ring (bicyclic) bond motifs is 1. The largest absolute Gasteiger partial charge is 0.373 e. The zero-order valence-corrected chi connectivity index (χ0v) is 21.1. The van der Waals surface area contributed by atoms with Gasteiger partial charge in [0.2, 0.25) is 10.0 Å². The average Bonchev–Trinajstić information content (AvgIpc) is 3.58. The van der Waals surface area contributed by atoms with E-state index in [1.165, 1.54) is 0 Å². The Morgan fingerprint density at radius 1 is 1.22 bits per heavy atom. The molecule has 2 aliphatic heterocycles. The van der Waals surface area contributed by atoms with Gasteiger partial charge in [0.25, 0.3) is 5.91 Å². The summed E-state index contributed by atoms with van der Waals surface area (Å²) in [5.41, 5.74) is 3.81. The van der Waals surface area contributed by atoms with Crippen molar-refractivity contribution in [1.29, 1.82) is 0 Å². The van der Waals surface area contributed by atoms with Crippen LogP contribution in [0.5, 0.6) is 0 Å². The third kappa shape index (κ3) is 5.66. The fourth-order valence-electron chi connectivity index (χ4n) is 4.99. The third-order valence-corrected chi connectivity index (χ3v) is 7.32. The molecular weight excluding hydrogens is 482 g/mol. The first kappa shape index (κ1) is 24.6. The van der Waals surface area contributed by atoms with E-state index in [1.807, 2.05) is 22.9 Å². The molecule has 36 heavy (non-hydrogen) atoms. The van der Waals surface area contributed by atoms with Crippen LogP contribution in [-0.2, 0) is 40.8 Å². The normalized spacial score (nSPS) is 19.8. The molecule has 5 rings (SSSR count). The lowest BCUT2D eigenvalue weighted by atomic mass is 9.89. The Kier molecular flexibility index (Phi) is 7.17. The Morgan fingerprint density at radius 3 is 2.86 bits per heavy atom. The Bertz CT molecular complexity index is 1320. The van der Waals surface area contributed by atoms with Gasteiger partial charge in [-0.05, 0) is 31.2 Å². The zero-order valence-electron chi connectivity index (χ0n) is 20.3. The SMILES string of the molecule is CS(=O)(=O)NCc1cn(Cc2nn3c(c2C(=O)NCC2CCCOC2c2ccccc2)CCC3)nn1. The molecule has 2 atom stereocenters. The van der Waals surface area contributed by atoms with Crippen LogP contribution >= 0.6 is 0 Å². The first-order valence-corrected chi connectivity index (χ1v) is 14.1. The number of hydrogen-bond acceptors (Lipinski definition) is 7. The van der Waals surface area contributed by atoms with Gasteiger partial charge < -0.3 is 10.1 Å². The smallest absolute Gasteiger partial charge is 0.255 e. The molecule has 2 unspecified atom stereocenters. The summed E-state index contributed by atoms with van der Waals surface area (Å²) in [6.07, 6.45) is 6.44. The topological polar surface area (TPSA) is 133 Å². The minimum Gasteiger partial charge on any atom is -0.373 e. The average molecular weight is 514 g/mol. The Hall–Kier alpha value is -3.09. The van der Waals surface area contributed by atoms with Crippen LogP contribution in [0.3, 0.4) is 0 Å². The summed E-state index contributed by atoms with van der Waals surface area (Å²) >= 11 is 0. The van der Waals surface area contributed by atoms with Crippen LogP contribution in [0.4, 0.5) is 0 Å². The number of aromatic nitrogens is 5. The van der Waals surface area contributed by atoms with E-state index in [9.17, 15) is 13.2 Å². The van der Waals surface area contributed by atoms with Crippen molar-refractivity contribution in [2.75, 3.05) is 19.4 Å². The minimum absolute atomic E-state index is 0.0355. The van der Waals surface area contributed by atoms with E-state index in [-0.39, 0.29) is 31.0 Å². The summed E-state index contributed by atoms with van der Waals surface area (Å²) in [6.45, 7) is 2.35. The van der Waals surface area contributed by atoms with Gasteiger partial charge in [0.05, 0.1) is 54.3 Å². The number of benzene rings is 1. The second kappa shape index (κ2) is 10.5. The molecule has 0 aliphatic carbocycles. The highest BCUT2D eigenvalue weighted by Crippen LogP contribution is 2.33. The third-order valence-electron chi connectivity index (χ3n) is 6.65. The van der Waals surface area contributed by atoms with Crippen molar-refractivity contribution in [2.24, 2.45) is 5.92 Å². The molecule has 0 radical (unpaired) electrons. The number of sulfonamides is 1. The van der Waals surface area contributed by atoms with Crippen molar-refractivity contribution in [1.82, 2.24) is 34.8 Å². The summed E-state index contributed by atoms with van der Waals surface area (Å²) in [4.78, 5) is 13.5. The number of nitrogens with one attached hydrogen (secondary N) is 2. The molecule has 0 bridgehead atoms. The molecule has 4 heterocycles. The lowest BCUT2D eigenvalue weighted by Gasteiger charge is -2.32. The molecule has 1 saturated heterocycles. The highest BCUT2D eigenvalue weighted by molar-refractivity contribution is 7.88. The number of aryl methyl sites for hydroxylation is 1. The van der Waals surface area contributed by atoms with Crippen molar-refractivity contribution < 1.29 is 17.9 Å². The lowest BCUT2D eigenvalue weighted by molar-refractivity contribution is -0.0272. The lowest BCUT2D eigenvalue weighted by Crippen LogP contribution is -2.35. The van der Waals surface area contributed by atoms with E-state index >= 15 is 0 Å². The van der Waals surface area contributed by atoms with Crippen LogP contribution in [0.2, 0.25) is 0 Å². The molecule has 3 aromatic rings. The number of carbonyl (C=O) groups excluding carboxylic acids is 1. The van der Waals surface area contributed by atoms with Crippen LogP contribution < -0.4 is 10.0 Å². The molecule has 2 N–H and O–H groups in total. The van der Waals surface area contributed by atoms with Crippen LogP contribution in [-0.4, -0.2) is 58.5 Å². The molecule has 192 valence electrons. The zero-order chi connectivity index (χ0) is 25.1. The maximum absolute atomic E-state index is 13.5. The Labute approximate surface area is 210 Å². The van der Waals surface area contributed by atoms with Crippen molar-refractivity contribution >= 4 is 15.9 Å². The predicted octanol–water partition coefficient (Wildman–Crippen LogP) is 1.42. The number of nitrogens with zero attached hydrogens (tertiary/aromatic N) is 5. The predicted molar refractivity (Wildman–Crippen MR) is 132 cm³/mol. The summed E-state index contributed by atoms with van der Waals surface area (Å²) in [7, 11) is -3.33. The number of carbonyl (C=O) groups is 1. The molecule has 2 aliphatic rings. The van der Waals surface area contributed by atoms with Gasteiger partial charge in [-0.25, -0.2) is 17.8 Å². The minimum atomic E-state index is -3.33. The van der Waals surface area contributed by atoms with Crippen LogP contribution in [0.25, 0.3) is 0 Å². The van der Waals surface area contributed by atoms with E-state index in [0.29, 0.717) is 23.5 Å².